The average molecular weight is 534 g/mol. The van der Waals surface area contributed by atoms with Crippen molar-refractivity contribution in [2.45, 2.75) is 76.5 Å². The van der Waals surface area contributed by atoms with E-state index in [0.29, 0.717) is 17.4 Å². The molecular formula is C30H32FN3O3S. The van der Waals surface area contributed by atoms with Gasteiger partial charge in [-0.2, -0.15) is 0 Å². The van der Waals surface area contributed by atoms with Gasteiger partial charge < -0.3 is 19.7 Å². The van der Waals surface area contributed by atoms with Crippen LogP contribution in [-0.4, -0.2) is 32.8 Å². The van der Waals surface area contributed by atoms with Crippen molar-refractivity contribution in [2.75, 3.05) is 5.32 Å². The normalized spacial score (nSPS) is 21.2. The van der Waals surface area contributed by atoms with Crippen molar-refractivity contribution in [2.24, 2.45) is 0 Å². The molecular weight excluding hydrogens is 501 g/mol. The molecule has 0 saturated heterocycles. The number of benzene rings is 2. The summed E-state index contributed by atoms with van der Waals surface area (Å²) in [5.41, 5.74) is 5.08. The lowest BCUT2D eigenvalue weighted by Crippen LogP contribution is -2.25. The van der Waals surface area contributed by atoms with Crippen LogP contribution >= 0.6 is 11.3 Å². The summed E-state index contributed by atoms with van der Waals surface area (Å²) in [5, 5.41) is 17.0. The van der Waals surface area contributed by atoms with E-state index in [1.807, 2.05) is 23.6 Å². The first kappa shape index (κ1) is 24.9. The fourth-order valence-corrected chi connectivity index (χ4v) is 6.74. The Morgan fingerprint density at radius 3 is 2.84 bits per heavy atom. The molecule has 1 aliphatic carbocycles. The molecule has 3 heterocycles. The molecule has 2 aromatic carbocycles. The molecule has 0 bridgehead atoms. The molecule has 0 radical (unpaired) electrons. The Kier molecular flexibility index (Phi) is 6.82. The van der Waals surface area contributed by atoms with Crippen molar-refractivity contribution >= 4 is 33.9 Å². The summed E-state index contributed by atoms with van der Waals surface area (Å²) in [4.78, 5) is 16.2. The highest BCUT2D eigenvalue weighted by atomic mass is 32.1. The number of nitrogens with zero attached hydrogens (tertiary/aromatic N) is 2. The van der Waals surface area contributed by atoms with E-state index in [1.54, 1.807) is 18.3 Å². The minimum atomic E-state index is -0.953. The van der Waals surface area contributed by atoms with E-state index in [4.69, 9.17) is 4.74 Å². The van der Waals surface area contributed by atoms with Crippen molar-refractivity contribution in [1.29, 1.82) is 0 Å². The number of hydrogen-bond acceptors (Lipinski definition) is 5. The quantitative estimate of drug-likeness (QED) is 0.261. The molecule has 2 aliphatic rings. The number of aromatic nitrogens is 2. The van der Waals surface area contributed by atoms with Crippen molar-refractivity contribution in [3.63, 3.8) is 0 Å². The third kappa shape index (κ3) is 4.55. The van der Waals surface area contributed by atoms with Gasteiger partial charge in [-0.15, -0.1) is 0 Å². The molecule has 1 saturated carbocycles. The van der Waals surface area contributed by atoms with Gasteiger partial charge in [0.05, 0.1) is 11.3 Å². The summed E-state index contributed by atoms with van der Waals surface area (Å²) >= 11 is 1.44. The van der Waals surface area contributed by atoms with Crippen LogP contribution in [0.2, 0.25) is 0 Å². The fraction of sp³-hybridized carbons (Fsp3) is 0.400. The minimum Gasteiger partial charge on any atom is -0.478 e. The van der Waals surface area contributed by atoms with Gasteiger partial charge in [0.2, 0.25) is 0 Å². The van der Waals surface area contributed by atoms with Gasteiger partial charge >= 0.3 is 5.97 Å². The Morgan fingerprint density at radius 1 is 1.21 bits per heavy atom. The van der Waals surface area contributed by atoms with Crippen molar-refractivity contribution < 1.29 is 19.0 Å². The highest BCUT2D eigenvalue weighted by Gasteiger charge is 2.34. The number of thiazole rings is 1. The maximum atomic E-state index is 15.6. The molecule has 1 fully saturated rings. The molecule has 2 unspecified atom stereocenters. The number of carbonyl (C=O) groups is 1. The van der Waals surface area contributed by atoms with E-state index in [1.165, 1.54) is 11.3 Å². The van der Waals surface area contributed by atoms with Crippen LogP contribution in [0, 0.1) is 0 Å². The number of aryl methyl sites for hydroxylation is 1. The van der Waals surface area contributed by atoms with Gasteiger partial charge in [-0.3, -0.25) is 0 Å². The van der Waals surface area contributed by atoms with Crippen LogP contribution in [0.3, 0.4) is 0 Å². The molecule has 38 heavy (non-hydrogen) atoms. The summed E-state index contributed by atoms with van der Waals surface area (Å²) in [6.07, 6.45) is 6.99. The smallest absolute Gasteiger partial charge is 0.335 e. The lowest BCUT2D eigenvalue weighted by atomic mass is 9.80. The van der Waals surface area contributed by atoms with Crippen LogP contribution in [-0.2, 0) is 6.54 Å². The molecule has 4 aromatic rings. The topological polar surface area (TPSA) is 76.4 Å². The van der Waals surface area contributed by atoms with E-state index in [2.05, 4.69) is 27.9 Å². The predicted molar refractivity (Wildman–Crippen MR) is 150 cm³/mol. The van der Waals surface area contributed by atoms with E-state index in [-0.39, 0.29) is 17.5 Å². The molecule has 6 rings (SSSR count). The first-order valence-corrected chi connectivity index (χ1v) is 14.4. The van der Waals surface area contributed by atoms with Gasteiger partial charge in [0.25, 0.3) is 5.19 Å². The van der Waals surface area contributed by atoms with Crippen LogP contribution < -0.4 is 10.1 Å². The third-order valence-corrected chi connectivity index (χ3v) is 8.61. The first-order chi connectivity index (χ1) is 18.5. The van der Waals surface area contributed by atoms with Gasteiger partial charge in [-0.1, -0.05) is 43.6 Å². The summed E-state index contributed by atoms with van der Waals surface area (Å²) in [7, 11) is 0. The first-order valence-electron chi connectivity index (χ1n) is 13.5. The molecule has 3 atom stereocenters. The van der Waals surface area contributed by atoms with E-state index in [9.17, 15) is 9.90 Å². The maximum Gasteiger partial charge on any atom is 0.335 e. The molecule has 0 amide bonds. The summed E-state index contributed by atoms with van der Waals surface area (Å²) in [6, 6.07) is 11.6. The lowest BCUT2D eigenvalue weighted by Gasteiger charge is -2.30. The number of ether oxygens (including phenoxy) is 1. The number of anilines is 1. The van der Waals surface area contributed by atoms with Crippen LogP contribution in [0.4, 0.5) is 10.1 Å². The number of rotatable bonds is 6. The van der Waals surface area contributed by atoms with E-state index < -0.39 is 12.1 Å². The Balaban J connectivity index is 1.58. The Hall–Kier alpha value is -3.39. The van der Waals surface area contributed by atoms with Crippen LogP contribution in [0.5, 0.6) is 10.9 Å². The number of fused-ring (bicyclic) bond motifs is 5. The second-order valence-electron chi connectivity index (χ2n) is 10.4. The van der Waals surface area contributed by atoms with Crippen molar-refractivity contribution in [3.8, 4) is 22.2 Å². The number of hydrogen-bond donors (Lipinski definition) is 2. The van der Waals surface area contributed by atoms with Gasteiger partial charge in [0, 0.05) is 58.3 Å². The molecule has 2 aromatic heterocycles. The number of halogens is 1. The van der Waals surface area contributed by atoms with Gasteiger partial charge in [0.15, 0.2) is 0 Å². The maximum absolute atomic E-state index is 15.6. The summed E-state index contributed by atoms with van der Waals surface area (Å²) in [5.74, 6) is -0.477. The van der Waals surface area contributed by atoms with Gasteiger partial charge in [0.1, 0.15) is 11.9 Å². The van der Waals surface area contributed by atoms with Crippen LogP contribution in [0.15, 0.2) is 48.0 Å². The van der Waals surface area contributed by atoms with Crippen molar-refractivity contribution in [3.05, 3.63) is 59.1 Å². The van der Waals surface area contributed by atoms with Crippen LogP contribution in [0.25, 0.3) is 22.2 Å². The third-order valence-electron chi connectivity index (χ3n) is 7.96. The molecule has 6 nitrogen and oxygen atoms in total. The molecule has 198 valence electrons. The molecule has 2 N–H and O–H groups in total. The standard InChI is InChI=1S/C30H32FN3O3S/c1-2-5-19-12-14-34-26-16-18(29(35)36)8-10-23(26)27(21-6-3-4-7-24(21)31)28(34)22-11-9-20(17-25(22)33-19)37-30-32-13-15-38-30/h8-11,13,15-17,19,21,24,33H,2-7,12,14H2,1H3,(H,35,36)/t19?,21?,24-/m0/s1. The fourth-order valence-electron chi connectivity index (χ4n) is 6.23. The minimum absolute atomic E-state index is 0.219. The molecule has 0 spiro atoms. The van der Waals surface area contributed by atoms with Gasteiger partial charge in [-0.25, -0.2) is 14.2 Å². The Morgan fingerprint density at radius 2 is 2.08 bits per heavy atom. The zero-order chi connectivity index (χ0) is 26.2. The van der Waals surface area contributed by atoms with E-state index in [0.717, 1.165) is 78.5 Å². The number of nitrogens with one attached hydrogen (secondary N) is 1. The monoisotopic (exact) mass is 533 g/mol. The zero-order valence-electron chi connectivity index (χ0n) is 21.5. The number of alkyl halides is 1. The second kappa shape index (κ2) is 10.4. The van der Waals surface area contributed by atoms with Crippen LogP contribution in [0.1, 0.15) is 73.7 Å². The highest BCUT2D eigenvalue weighted by molar-refractivity contribution is 7.11. The zero-order valence-corrected chi connectivity index (χ0v) is 22.3. The average Bonchev–Trinajstić information content (AvgIpc) is 3.52. The Labute approximate surface area is 225 Å². The summed E-state index contributed by atoms with van der Waals surface area (Å²) in [6.45, 7) is 2.91. The largest absolute Gasteiger partial charge is 0.478 e. The number of carboxylic acid groups (broad SMARTS) is 1. The van der Waals surface area contributed by atoms with Crippen molar-refractivity contribution in [1.82, 2.24) is 9.55 Å². The molecule has 1 aliphatic heterocycles. The second-order valence-corrected chi connectivity index (χ2v) is 11.2. The molecule has 8 heteroatoms. The predicted octanol–water partition coefficient (Wildman–Crippen LogP) is 8.24. The highest BCUT2D eigenvalue weighted by Crippen LogP contribution is 2.48. The van der Waals surface area contributed by atoms with Gasteiger partial charge in [-0.05, 0) is 55.5 Å². The number of carboxylic acids is 1. The lowest BCUT2D eigenvalue weighted by molar-refractivity contribution is 0.0697. The SMILES string of the molecule is CCCC1CCn2c(c(C3CCCC[C@@H]3F)c3ccc(C(=O)O)cc32)-c2ccc(Oc3nccs3)cc2N1. The summed E-state index contributed by atoms with van der Waals surface area (Å²) < 4.78 is 23.9. The Bertz CT molecular complexity index is 1470. The van der Waals surface area contributed by atoms with E-state index >= 15 is 4.39 Å². The number of aromatic carboxylic acids is 1.